The van der Waals surface area contributed by atoms with Gasteiger partial charge in [0.15, 0.2) is 5.13 Å². The summed E-state index contributed by atoms with van der Waals surface area (Å²) in [6, 6.07) is 0. The second-order valence-electron chi connectivity index (χ2n) is 4.08. The number of nitrogen functional groups attached to an aromatic ring is 1. The summed E-state index contributed by atoms with van der Waals surface area (Å²) < 4.78 is 1.64. The summed E-state index contributed by atoms with van der Waals surface area (Å²) in [6.07, 6.45) is 4.31. The van der Waals surface area contributed by atoms with Crippen LogP contribution in [-0.4, -0.2) is 39.0 Å². The van der Waals surface area contributed by atoms with Crippen molar-refractivity contribution < 1.29 is 4.79 Å². The van der Waals surface area contributed by atoms with E-state index in [0.29, 0.717) is 23.1 Å². The van der Waals surface area contributed by atoms with E-state index < -0.39 is 0 Å². The molecular formula is C11H17N7OS. The van der Waals surface area contributed by atoms with Gasteiger partial charge in [-0.15, -0.1) is 5.10 Å². The highest BCUT2D eigenvalue weighted by Gasteiger charge is 2.15. The van der Waals surface area contributed by atoms with Crippen LogP contribution >= 0.6 is 11.3 Å². The average Bonchev–Trinajstić information content (AvgIpc) is 3.06. The van der Waals surface area contributed by atoms with Gasteiger partial charge in [-0.25, -0.2) is 4.98 Å². The summed E-state index contributed by atoms with van der Waals surface area (Å²) in [6.45, 7) is 3.88. The van der Waals surface area contributed by atoms with Crippen LogP contribution in [0.1, 0.15) is 23.0 Å². The predicted molar refractivity (Wildman–Crippen MR) is 77.7 cm³/mol. The van der Waals surface area contributed by atoms with Gasteiger partial charge in [0.25, 0.3) is 5.91 Å². The van der Waals surface area contributed by atoms with E-state index in [9.17, 15) is 4.79 Å². The zero-order valence-corrected chi connectivity index (χ0v) is 12.0. The minimum atomic E-state index is -0.218. The molecule has 1 amide bonds. The Balaban J connectivity index is 1.86. The Kier molecular flexibility index (Phi) is 4.88. The van der Waals surface area contributed by atoms with Gasteiger partial charge in [0, 0.05) is 19.3 Å². The number of nitrogens with one attached hydrogen (secondary N) is 2. The van der Waals surface area contributed by atoms with Crippen LogP contribution in [0.5, 0.6) is 0 Å². The maximum atomic E-state index is 12.0. The molecule has 2 rings (SSSR count). The molecule has 0 saturated carbocycles. The first-order valence-electron chi connectivity index (χ1n) is 6.33. The second kappa shape index (κ2) is 6.85. The molecule has 2 heterocycles. The lowest BCUT2D eigenvalue weighted by atomic mass is 10.4. The van der Waals surface area contributed by atoms with Gasteiger partial charge in [-0.05, 0) is 6.42 Å². The Hall–Kier alpha value is -2.16. The SMILES string of the molecule is CCCNc1nc(N)c(C(=O)NCCn2ccnn2)s1. The number of rotatable bonds is 7. The molecule has 0 bridgehead atoms. The van der Waals surface area contributed by atoms with Gasteiger partial charge in [0.1, 0.15) is 10.7 Å². The molecule has 9 heteroatoms. The molecule has 0 aliphatic rings. The quantitative estimate of drug-likeness (QED) is 0.688. The molecule has 0 radical (unpaired) electrons. The first-order valence-corrected chi connectivity index (χ1v) is 7.14. The predicted octanol–water partition coefficient (Wildman–Crippen LogP) is 0.569. The summed E-state index contributed by atoms with van der Waals surface area (Å²) >= 11 is 1.26. The number of hydrogen-bond donors (Lipinski definition) is 3. The van der Waals surface area contributed by atoms with E-state index >= 15 is 0 Å². The summed E-state index contributed by atoms with van der Waals surface area (Å²) in [4.78, 5) is 16.5. The maximum Gasteiger partial charge on any atom is 0.265 e. The van der Waals surface area contributed by atoms with Crippen LogP contribution in [0.25, 0.3) is 0 Å². The highest BCUT2D eigenvalue weighted by atomic mass is 32.1. The topological polar surface area (TPSA) is 111 Å². The number of carbonyl (C=O) groups excluding carboxylic acids is 1. The van der Waals surface area contributed by atoms with Gasteiger partial charge in [0.05, 0.1) is 12.7 Å². The number of hydrogen-bond acceptors (Lipinski definition) is 7. The van der Waals surface area contributed by atoms with Crippen molar-refractivity contribution in [3.63, 3.8) is 0 Å². The van der Waals surface area contributed by atoms with Crippen LogP contribution < -0.4 is 16.4 Å². The first kappa shape index (κ1) is 14.3. The molecule has 0 aliphatic carbocycles. The number of amides is 1. The van der Waals surface area contributed by atoms with Crippen LogP contribution in [-0.2, 0) is 6.54 Å². The van der Waals surface area contributed by atoms with E-state index in [1.54, 1.807) is 17.1 Å². The van der Waals surface area contributed by atoms with Crippen LogP contribution in [0, 0.1) is 0 Å². The van der Waals surface area contributed by atoms with Gasteiger partial charge in [-0.3, -0.25) is 9.48 Å². The van der Waals surface area contributed by atoms with Crippen molar-refractivity contribution >= 4 is 28.2 Å². The fourth-order valence-corrected chi connectivity index (χ4v) is 2.35. The van der Waals surface area contributed by atoms with Crippen molar-refractivity contribution in [3.05, 3.63) is 17.3 Å². The number of thiazole rings is 1. The van der Waals surface area contributed by atoms with E-state index in [1.807, 2.05) is 0 Å². The lowest BCUT2D eigenvalue weighted by Crippen LogP contribution is -2.27. The fraction of sp³-hybridized carbons (Fsp3) is 0.455. The van der Waals surface area contributed by atoms with Crippen LogP contribution in [0.3, 0.4) is 0 Å². The Bertz CT molecular complexity index is 551. The van der Waals surface area contributed by atoms with Crippen molar-refractivity contribution in [1.29, 1.82) is 0 Å². The highest BCUT2D eigenvalue weighted by molar-refractivity contribution is 7.18. The molecule has 4 N–H and O–H groups in total. The minimum Gasteiger partial charge on any atom is -0.382 e. The molecule has 2 aromatic heterocycles. The summed E-state index contributed by atoms with van der Waals surface area (Å²) in [5, 5.41) is 14.1. The second-order valence-corrected chi connectivity index (χ2v) is 5.08. The summed E-state index contributed by atoms with van der Waals surface area (Å²) in [7, 11) is 0. The normalized spacial score (nSPS) is 10.4. The van der Waals surface area contributed by atoms with Gasteiger partial charge in [0.2, 0.25) is 0 Å². The number of anilines is 2. The lowest BCUT2D eigenvalue weighted by Gasteiger charge is -2.03. The van der Waals surface area contributed by atoms with Gasteiger partial charge >= 0.3 is 0 Å². The van der Waals surface area contributed by atoms with E-state index in [1.165, 1.54) is 11.3 Å². The molecule has 8 nitrogen and oxygen atoms in total. The molecule has 0 saturated heterocycles. The molecule has 0 aromatic carbocycles. The molecular weight excluding hydrogens is 278 g/mol. The molecule has 0 aliphatic heterocycles. The summed E-state index contributed by atoms with van der Waals surface area (Å²) in [5.74, 6) is 0.0384. The van der Waals surface area contributed by atoms with Crippen molar-refractivity contribution in [2.75, 3.05) is 24.1 Å². The zero-order chi connectivity index (χ0) is 14.4. The Labute approximate surface area is 120 Å². The number of nitrogens with zero attached hydrogens (tertiary/aromatic N) is 4. The van der Waals surface area contributed by atoms with Gasteiger partial charge < -0.3 is 16.4 Å². The highest BCUT2D eigenvalue weighted by Crippen LogP contribution is 2.24. The van der Waals surface area contributed by atoms with Crippen molar-refractivity contribution in [1.82, 2.24) is 25.3 Å². The third-order valence-electron chi connectivity index (χ3n) is 2.48. The summed E-state index contributed by atoms with van der Waals surface area (Å²) in [5.41, 5.74) is 5.75. The molecule has 0 spiro atoms. The zero-order valence-electron chi connectivity index (χ0n) is 11.2. The lowest BCUT2D eigenvalue weighted by molar-refractivity contribution is 0.0956. The van der Waals surface area contributed by atoms with Gasteiger partial charge in [-0.2, -0.15) is 0 Å². The monoisotopic (exact) mass is 295 g/mol. The van der Waals surface area contributed by atoms with E-state index in [0.717, 1.165) is 13.0 Å². The molecule has 20 heavy (non-hydrogen) atoms. The Morgan fingerprint density at radius 1 is 1.50 bits per heavy atom. The van der Waals surface area contributed by atoms with E-state index in [-0.39, 0.29) is 11.7 Å². The standard InChI is InChI=1S/C11H17N7OS/c1-2-3-14-11-16-9(12)8(20-11)10(19)13-4-6-18-7-5-15-17-18/h5,7H,2-4,6,12H2,1H3,(H,13,19)(H,14,16). The smallest absolute Gasteiger partial charge is 0.265 e. The van der Waals surface area contributed by atoms with Gasteiger partial charge in [-0.1, -0.05) is 23.5 Å². The third-order valence-corrected chi connectivity index (χ3v) is 3.51. The van der Waals surface area contributed by atoms with E-state index in [2.05, 4.69) is 32.9 Å². The molecule has 0 unspecified atom stereocenters. The van der Waals surface area contributed by atoms with Crippen LogP contribution in [0.15, 0.2) is 12.4 Å². The number of carbonyl (C=O) groups is 1. The molecule has 0 atom stereocenters. The van der Waals surface area contributed by atoms with Crippen molar-refractivity contribution in [2.45, 2.75) is 19.9 Å². The fourth-order valence-electron chi connectivity index (χ4n) is 1.52. The average molecular weight is 295 g/mol. The van der Waals surface area contributed by atoms with Crippen molar-refractivity contribution in [2.24, 2.45) is 0 Å². The largest absolute Gasteiger partial charge is 0.382 e. The molecule has 108 valence electrons. The third kappa shape index (κ3) is 3.67. The van der Waals surface area contributed by atoms with Crippen molar-refractivity contribution in [3.8, 4) is 0 Å². The number of nitrogens with two attached hydrogens (primary N) is 1. The van der Waals surface area contributed by atoms with Crippen LogP contribution in [0.4, 0.5) is 10.9 Å². The molecule has 2 aromatic rings. The Morgan fingerprint density at radius 3 is 3.05 bits per heavy atom. The molecule has 0 fully saturated rings. The minimum absolute atomic E-state index is 0.218. The Morgan fingerprint density at radius 2 is 2.35 bits per heavy atom. The maximum absolute atomic E-state index is 12.0. The first-order chi connectivity index (χ1) is 9.70. The number of aromatic nitrogens is 4. The van der Waals surface area contributed by atoms with E-state index in [4.69, 9.17) is 5.73 Å². The van der Waals surface area contributed by atoms with Crippen LogP contribution in [0.2, 0.25) is 0 Å².